The maximum absolute atomic E-state index is 11.6. The highest BCUT2D eigenvalue weighted by Gasteiger charge is 2.28. The Balaban J connectivity index is 2.14. The lowest BCUT2D eigenvalue weighted by atomic mass is 10.1. The molecule has 0 bridgehead atoms. The molecule has 1 aromatic heterocycles. The van der Waals surface area contributed by atoms with Crippen LogP contribution in [0.2, 0.25) is 0 Å². The van der Waals surface area contributed by atoms with Crippen LogP contribution in [0.5, 0.6) is 0 Å². The molecule has 0 saturated heterocycles. The summed E-state index contributed by atoms with van der Waals surface area (Å²) in [6.07, 6.45) is 0.263. The van der Waals surface area contributed by atoms with E-state index in [4.69, 9.17) is 0 Å². The van der Waals surface area contributed by atoms with Crippen molar-refractivity contribution in [2.24, 2.45) is 0 Å². The molecule has 0 aliphatic heterocycles. The molecule has 0 saturated carbocycles. The van der Waals surface area contributed by atoms with Gasteiger partial charge in [-0.2, -0.15) is 0 Å². The van der Waals surface area contributed by atoms with Gasteiger partial charge in [-0.3, -0.25) is 9.59 Å². The van der Waals surface area contributed by atoms with Gasteiger partial charge in [0.25, 0.3) is 0 Å². The van der Waals surface area contributed by atoms with Gasteiger partial charge in [0, 0.05) is 16.9 Å². The van der Waals surface area contributed by atoms with Gasteiger partial charge < -0.3 is 0 Å². The topological polar surface area (TPSA) is 34.1 Å². The van der Waals surface area contributed by atoms with Gasteiger partial charge in [0.05, 0.1) is 0 Å². The molecule has 1 heterocycles. The van der Waals surface area contributed by atoms with Crippen LogP contribution < -0.4 is 0 Å². The first-order chi connectivity index (χ1) is 7.75. The van der Waals surface area contributed by atoms with Crippen LogP contribution in [0.1, 0.15) is 15.9 Å². The minimum atomic E-state index is -0.339. The highest BCUT2D eigenvalue weighted by atomic mass is 32.1. The first-order valence-corrected chi connectivity index (χ1v) is 5.88. The Morgan fingerprint density at radius 1 is 1.12 bits per heavy atom. The molecule has 0 fully saturated rings. The lowest BCUT2D eigenvalue weighted by Crippen LogP contribution is -2.05. The van der Waals surface area contributed by atoms with Crippen molar-refractivity contribution in [1.82, 2.24) is 0 Å². The fourth-order valence-corrected chi connectivity index (χ4v) is 2.67. The first kappa shape index (κ1) is 9.48. The molecule has 0 unspecified atom stereocenters. The van der Waals surface area contributed by atoms with Gasteiger partial charge in [-0.25, -0.2) is 0 Å². The van der Waals surface area contributed by atoms with Crippen LogP contribution in [0.3, 0.4) is 0 Å². The van der Waals surface area contributed by atoms with Crippen LogP contribution in [0.25, 0.3) is 10.4 Å². The quantitative estimate of drug-likeness (QED) is 0.703. The molecule has 2 aromatic rings. The van der Waals surface area contributed by atoms with Crippen molar-refractivity contribution in [2.45, 2.75) is 6.42 Å². The van der Waals surface area contributed by atoms with Crippen LogP contribution in [-0.4, -0.2) is 11.6 Å². The van der Waals surface area contributed by atoms with Crippen LogP contribution >= 0.6 is 11.3 Å². The highest BCUT2D eigenvalue weighted by molar-refractivity contribution is 7.13. The Kier molecular flexibility index (Phi) is 2.01. The molecule has 0 atom stereocenters. The minimum Gasteiger partial charge on any atom is -0.290 e. The second kappa shape index (κ2) is 3.39. The average molecular weight is 228 g/mol. The molecule has 78 valence electrons. The van der Waals surface area contributed by atoms with Gasteiger partial charge in [-0.05, 0) is 28.6 Å². The van der Waals surface area contributed by atoms with E-state index in [2.05, 4.69) is 0 Å². The third kappa shape index (κ3) is 1.32. The van der Waals surface area contributed by atoms with Crippen molar-refractivity contribution in [3.8, 4) is 10.4 Å². The molecule has 16 heavy (non-hydrogen) atoms. The van der Waals surface area contributed by atoms with E-state index in [1.807, 2.05) is 35.7 Å². The van der Waals surface area contributed by atoms with Crippen molar-refractivity contribution < 1.29 is 9.59 Å². The SMILES string of the molecule is O=C1Cc2ccc(-c3cccs3)cc2C1=O. The van der Waals surface area contributed by atoms with Crippen molar-refractivity contribution in [1.29, 1.82) is 0 Å². The van der Waals surface area contributed by atoms with Gasteiger partial charge in [-0.15, -0.1) is 11.3 Å². The second-order valence-electron chi connectivity index (χ2n) is 3.78. The Morgan fingerprint density at radius 3 is 2.75 bits per heavy atom. The maximum atomic E-state index is 11.6. The van der Waals surface area contributed by atoms with E-state index in [1.54, 1.807) is 11.3 Å². The summed E-state index contributed by atoms with van der Waals surface area (Å²) in [4.78, 5) is 24.0. The smallest absolute Gasteiger partial charge is 0.229 e. The van der Waals surface area contributed by atoms with Crippen molar-refractivity contribution >= 4 is 22.9 Å². The fraction of sp³-hybridized carbons (Fsp3) is 0.0769. The van der Waals surface area contributed by atoms with Gasteiger partial charge >= 0.3 is 0 Å². The summed E-state index contributed by atoms with van der Waals surface area (Å²) in [6, 6.07) is 9.66. The molecule has 3 rings (SSSR count). The van der Waals surface area contributed by atoms with E-state index in [-0.39, 0.29) is 18.0 Å². The fourth-order valence-electron chi connectivity index (χ4n) is 1.94. The number of hydrogen-bond donors (Lipinski definition) is 0. The molecular weight excluding hydrogens is 220 g/mol. The zero-order valence-electron chi connectivity index (χ0n) is 8.40. The maximum Gasteiger partial charge on any atom is 0.229 e. The lowest BCUT2D eigenvalue weighted by molar-refractivity contribution is -0.114. The normalized spacial score (nSPS) is 14.2. The molecule has 1 aliphatic carbocycles. The number of fused-ring (bicyclic) bond motifs is 1. The third-order valence-electron chi connectivity index (χ3n) is 2.76. The number of thiophene rings is 1. The van der Waals surface area contributed by atoms with Gasteiger partial charge in [0.1, 0.15) is 0 Å². The van der Waals surface area contributed by atoms with Crippen molar-refractivity contribution in [3.63, 3.8) is 0 Å². The molecule has 2 nitrogen and oxygen atoms in total. The molecular formula is C13H8O2S. The average Bonchev–Trinajstić information content (AvgIpc) is 2.89. The number of ketones is 2. The minimum absolute atomic E-state index is 0.263. The molecule has 0 amide bonds. The molecule has 1 aromatic carbocycles. The largest absolute Gasteiger partial charge is 0.290 e. The van der Waals surface area contributed by atoms with E-state index < -0.39 is 0 Å². The number of carbonyl (C=O) groups is 2. The zero-order valence-corrected chi connectivity index (χ0v) is 9.21. The molecule has 0 N–H and O–H groups in total. The van der Waals surface area contributed by atoms with E-state index >= 15 is 0 Å². The summed E-state index contributed by atoms with van der Waals surface area (Å²) in [6.45, 7) is 0. The van der Waals surface area contributed by atoms with Gasteiger partial charge in [0.2, 0.25) is 11.6 Å². The standard InChI is InChI=1S/C13H8O2S/c14-11-7-8-3-4-9(6-10(8)13(11)15)12-2-1-5-16-12/h1-6H,7H2. The van der Waals surface area contributed by atoms with E-state index in [1.165, 1.54) is 0 Å². The summed E-state index contributed by atoms with van der Waals surface area (Å²) >= 11 is 1.63. The number of rotatable bonds is 1. The molecule has 0 spiro atoms. The summed E-state index contributed by atoms with van der Waals surface area (Å²) in [5, 5.41) is 2.00. The van der Waals surface area contributed by atoms with Gasteiger partial charge in [0.15, 0.2) is 0 Å². The van der Waals surface area contributed by atoms with E-state index in [0.717, 1.165) is 16.0 Å². The van der Waals surface area contributed by atoms with Gasteiger partial charge in [-0.1, -0.05) is 18.2 Å². The Bertz CT molecular complexity index is 582. The lowest BCUT2D eigenvalue weighted by Gasteiger charge is -2.00. The van der Waals surface area contributed by atoms with E-state index in [9.17, 15) is 9.59 Å². The number of Topliss-reactive ketones (excluding diaryl/α,β-unsaturated/α-hetero) is 2. The Labute approximate surface area is 96.5 Å². The zero-order chi connectivity index (χ0) is 11.1. The van der Waals surface area contributed by atoms with Crippen LogP contribution in [0.4, 0.5) is 0 Å². The monoisotopic (exact) mass is 228 g/mol. The number of benzene rings is 1. The summed E-state index contributed by atoms with van der Waals surface area (Å²) in [7, 11) is 0. The van der Waals surface area contributed by atoms with Crippen molar-refractivity contribution in [3.05, 3.63) is 46.8 Å². The van der Waals surface area contributed by atoms with Crippen LogP contribution in [0, 0.1) is 0 Å². The molecule has 1 aliphatic rings. The van der Waals surface area contributed by atoms with Crippen molar-refractivity contribution in [2.75, 3.05) is 0 Å². The Hall–Kier alpha value is -1.74. The summed E-state index contributed by atoms with van der Waals surface area (Å²) in [5.41, 5.74) is 2.45. The number of carbonyl (C=O) groups excluding carboxylic acids is 2. The highest BCUT2D eigenvalue weighted by Crippen LogP contribution is 2.29. The predicted molar refractivity (Wildman–Crippen MR) is 62.8 cm³/mol. The van der Waals surface area contributed by atoms with E-state index in [0.29, 0.717) is 5.56 Å². The third-order valence-corrected chi connectivity index (χ3v) is 3.68. The van der Waals surface area contributed by atoms with Crippen LogP contribution in [-0.2, 0) is 11.2 Å². The number of hydrogen-bond acceptors (Lipinski definition) is 3. The summed E-state index contributed by atoms with van der Waals surface area (Å²) in [5.74, 6) is -0.633. The summed E-state index contributed by atoms with van der Waals surface area (Å²) < 4.78 is 0. The predicted octanol–water partition coefficient (Wildman–Crippen LogP) is 2.72. The second-order valence-corrected chi connectivity index (χ2v) is 4.73. The Morgan fingerprint density at radius 2 is 2.00 bits per heavy atom. The first-order valence-electron chi connectivity index (χ1n) is 5.00. The molecule has 3 heteroatoms. The van der Waals surface area contributed by atoms with Crippen LogP contribution in [0.15, 0.2) is 35.7 Å². The molecule has 0 radical (unpaired) electrons.